The van der Waals surface area contributed by atoms with E-state index in [0.717, 1.165) is 25.3 Å². The monoisotopic (exact) mass is 241 g/mol. The number of nitrogens with zero attached hydrogens (tertiary/aromatic N) is 2. The Morgan fingerprint density at radius 3 is 2.69 bits per heavy atom. The van der Waals surface area contributed by atoms with Crippen LogP contribution >= 0.6 is 11.5 Å². The number of anilines is 2. The van der Waals surface area contributed by atoms with E-state index in [1.54, 1.807) is 7.11 Å². The third-order valence-corrected chi connectivity index (χ3v) is 4.26. The molecule has 16 heavy (non-hydrogen) atoms. The van der Waals surface area contributed by atoms with Crippen LogP contribution in [0.25, 0.3) is 0 Å². The third kappa shape index (κ3) is 2.30. The molecule has 0 atom stereocenters. The van der Waals surface area contributed by atoms with Crippen LogP contribution in [0.1, 0.15) is 18.4 Å². The van der Waals surface area contributed by atoms with Crippen molar-refractivity contribution in [3.8, 4) is 0 Å². The van der Waals surface area contributed by atoms with Crippen LogP contribution in [0.3, 0.4) is 0 Å². The average molecular weight is 241 g/mol. The number of ether oxygens (including phenoxy) is 1. The van der Waals surface area contributed by atoms with E-state index in [0.29, 0.717) is 11.7 Å². The molecule has 1 aliphatic heterocycles. The predicted octanol–water partition coefficient (Wildman–Crippen LogP) is 1.90. The van der Waals surface area contributed by atoms with Crippen LogP contribution < -0.4 is 10.6 Å². The van der Waals surface area contributed by atoms with Gasteiger partial charge in [0.1, 0.15) is 10.8 Å². The second-order valence-corrected chi connectivity index (χ2v) is 5.14. The van der Waals surface area contributed by atoms with E-state index in [2.05, 4.69) is 16.2 Å². The van der Waals surface area contributed by atoms with Gasteiger partial charge in [0.15, 0.2) is 0 Å². The van der Waals surface area contributed by atoms with E-state index in [9.17, 15) is 0 Å². The van der Waals surface area contributed by atoms with E-state index in [4.69, 9.17) is 10.5 Å². The fourth-order valence-electron chi connectivity index (χ4n) is 2.17. The molecule has 0 spiro atoms. The summed E-state index contributed by atoms with van der Waals surface area (Å²) < 4.78 is 9.40. The van der Waals surface area contributed by atoms with Crippen molar-refractivity contribution in [3.63, 3.8) is 0 Å². The Hall–Kier alpha value is -0.810. The Kier molecular flexibility index (Phi) is 3.66. The van der Waals surface area contributed by atoms with Crippen molar-refractivity contribution in [2.45, 2.75) is 19.8 Å². The largest absolute Gasteiger partial charge is 0.384 e. The summed E-state index contributed by atoms with van der Waals surface area (Å²) in [4.78, 5) is 2.40. The fourth-order valence-corrected chi connectivity index (χ4v) is 3.03. The van der Waals surface area contributed by atoms with Crippen LogP contribution in [-0.2, 0) is 4.74 Å². The van der Waals surface area contributed by atoms with E-state index >= 15 is 0 Å². The van der Waals surface area contributed by atoms with Crippen molar-refractivity contribution in [2.75, 3.05) is 37.4 Å². The van der Waals surface area contributed by atoms with Crippen LogP contribution in [0, 0.1) is 12.8 Å². The predicted molar refractivity (Wildman–Crippen MR) is 68.1 cm³/mol. The first-order chi connectivity index (χ1) is 7.72. The quantitative estimate of drug-likeness (QED) is 0.878. The van der Waals surface area contributed by atoms with Crippen molar-refractivity contribution in [1.82, 2.24) is 4.37 Å². The zero-order valence-electron chi connectivity index (χ0n) is 9.90. The zero-order valence-corrected chi connectivity index (χ0v) is 10.7. The highest BCUT2D eigenvalue weighted by Crippen LogP contribution is 2.32. The number of hydrogen-bond acceptors (Lipinski definition) is 5. The maximum atomic E-state index is 5.77. The van der Waals surface area contributed by atoms with Crippen molar-refractivity contribution < 1.29 is 4.74 Å². The smallest absolute Gasteiger partial charge is 0.142 e. The zero-order chi connectivity index (χ0) is 11.5. The maximum Gasteiger partial charge on any atom is 0.142 e. The van der Waals surface area contributed by atoms with Gasteiger partial charge in [-0.15, -0.1) is 0 Å². The van der Waals surface area contributed by atoms with Gasteiger partial charge < -0.3 is 15.4 Å². The topological polar surface area (TPSA) is 51.4 Å². The molecule has 2 N–H and O–H groups in total. The average Bonchev–Trinajstić information content (AvgIpc) is 2.62. The van der Waals surface area contributed by atoms with Crippen LogP contribution in [0.15, 0.2) is 0 Å². The number of methoxy groups -OCH3 is 1. The van der Waals surface area contributed by atoms with Gasteiger partial charge in [0.05, 0.1) is 0 Å². The van der Waals surface area contributed by atoms with Crippen molar-refractivity contribution in [1.29, 1.82) is 0 Å². The summed E-state index contributed by atoms with van der Waals surface area (Å²) in [5.41, 5.74) is 6.91. The fraction of sp³-hybridized carbons (Fsp3) is 0.727. The maximum absolute atomic E-state index is 5.77. The highest BCUT2D eigenvalue weighted by Gasteiger charge is 2.22. The number of piperidine rings is 1. The van der Waals surface area contributed by atoms with Gasteiger partial charge in [-0.25, -0.2) is 0 Å². The lowest BCUT2D eigenvalue weighted by atomic mass is 9.98. The molecule has 0 radical (unpaired) electrons. The summed E-state index contributed by atoms with van der Waals surface area (Å²) >= 11 is 1.52. The Morgan fingerprint density at radius 1 is 1.50 bits per heavy atom. The summed E-state index contributed by atoms with van der Waals surface area (Å²) in [5, 5.41) is 1.24. The second-order valence-electron chi connectivity index (χ2n) is 4.38. The van der Waals surface area contributed by atoms with Gasteiger partial charge >= 0.3 is 0 Å². The van der Waals surface area contributed by atoms with Gasteiger partial charge in [0.25, 0.3) is 0 Å². The third-order valence-electron chi connectivity index (χ3n) is 3.24. The van der Waals surface area contributed by atoms with Crippen LogP contribution in [0.5, 0.6) is 0 Å². The lowest BCUT2D eigenvalue weighted by Gasteiger charge is -2.32. The molecule has 0 aliphatic carbocycles. The number of nitrogen functional groups attached to an aromatic ring is 1. The summed E-state index contributed by atoms with van der Waals surface area (Å²) in [5.74, 6) is 1.39. The molecule has 1 aromatic rings. The van der Waals surface area contributed by atoms with E-state index in [1.807, 2.05) is 0 Å². The van der Waals surface area contributed by atoms with Gasteiger partial charge in [0, 0.05) is 32.4 Å². The molecule has 2 heterocycles. The SMILES string of the molecule is COCC1CCN(c2snc(N)c2C)CC1. The molecule has 0 unspecified atom stereocenters. The molecule has 0 bridgehead atoms. The van der Waals surface area contributed by atoms with Crippen molar-refractivity contribution >= 4 is 22.4 Å². The number of nitrogens with two attached hydrogens (primary N) is 1. The Balaban J connectivity index is 1.96. The van der Waals surface area contributed by atoms with E-state index in [1.165, 1.54) is 29.4 Å². The summed E-state index contributed by atoms with van der Waals surface area (Å²) in [6.07, 6.45) is 2.40. The minimum absolute atomic E-state index is 0.680. The van der Waals surface area contributed by atoms with Gasteiger partial charge in [-0.3, -0.25) is 0 Å². The first-order valence-corrected chi connectivity index (χ1v) is 6.45. The minimum atomic E-state index is 0.680. The highest BCUT2D eigenvalue weighted by atomic mass is 32.1. The Bertz CT molecular complexity index is 345. The van der Waals surface area contributed by atoms with Crippen molar-refractivity contribution in [3.05, 3.63) is 5.56 Å². The number of aromatic nitrogens is 1. The van der Waals surface area contributed by atoms with Gasteiger partial charge in [-0.1, -0.05) is 0 Å². The van der Waals surface area contributed by atoms with E-state index < -0.39 is 0 Å². The number of hydrogen-bond donors (Lipinski definition) is 1. The van der Waals surface area contributed by atoms with Crippen molar-refractivity contribution in [2.24, 2.45) is 5.92 Å². The molecule has 1 saturated heterocycles. The summed E-state index contributed by atoms with van der Waals surface area (Å²) in [6.45, 7) is 5.13. The Labute approximate surface area is 101 Å². The molecule has 1 aromatic heterocycles. The van der Waals surface area contributed by atoms with E-state index in [-0.39, 0.29) is 0 Å². The first-order valence-electron chi connectivity index (χ1n) is 5.68. The first kappa shape index (κ1) is 11.7. The number of rotatable bonds is 3. The summed E-state index contributed by atoms with van der Waals surface area (Å²) in [6, 6.07) is 0. The molecule has 0 saturated carbocycles. The molecule has 4 nitrogen and oxygen atoms in total. The normalized spacial score (nSPS) is 18.0. The minimum Gasteiger partial charge on any atom is -0.384 e. The molecule has 2 rings (SSSR count). The molecule has 5 heteroatoms. The Morgan fingerprint density at radius 2 is 2.19 bits per heavy atom. The van der Waals surface area contributed by atoms with Gasteiger partial charge in [-0.2, -0.15) is 4.37 Å². The standard InChI is InChI=1S/C11H19N3OS/c1-8-10(12)13-16-11(8)14-5-3-9(4-6-14)7-15-2/h9H,3-7H2,1-2H3,(H2,12,13). The highest BCUT2D eigenvalue weighted by molar-refractivity contribution is 7.10. The molecule has 0 amide bonds. The van der Waals surface area contributed by atoms with Crippen LogP contribution in [-0.4, -0.2) is 31.2 Å². The van der Waals surface area contributed by atoms with Crippen LogP contribution in [0.2, 0.25) is 0 Å². The van der Waals surface area contributed by atoms with Gasteiger partial charge in [-0.05, 0) is 37.2 Å². The lowest BCUT2D eigenvalue weighted by molar-refractivity contribution is 0.139. The molecular weight excluding hydrogens is 222 g/mol. The second kappa shape index (κ2) is 5.01. The van der Waals surface area contributed by atoms with Gasteiger partial charge in [0.2, 0.25) is 0 Å². The molecular formula is C11H19N3OS. The molecule has 1 aliphatic rings. The lowest BCUT2D eigenvalue weighted by Crippen LogP contribution is -2.34. The summed E-state index contributed by atoms with van der Waals surface area (Å²) in [7, 11) is 1.78. The molecule has 90 valence electrons. The molecule has 1 fully saturated rings. The van der Waals surface area contributed by atoms with Crippen LogP contribution in [0.4, 0.5) is 10.8 Å². The molecule has 0 aromatic carbocycles.